The number of nitrogens with zero attached hydrogens (tertiary/aromatic N) is 1. The topological polar surface area (TPSA) is 34.0 Å². The summed E-state index contributed by atoms with van der Waals surface area (Å²) in [4.78, 5) is 12.6. The minimum Gasteiger partial charge on any atom is -0.347 e. The predicted octanol–water partition coefficient (Wildman–Crippen LogP) is 4.74. The second-order valence-electron chi connectivity index (χ2n) is 5.87. The zero-order chi connectivity index (χ0) is 17.1. The molecule has 1 aromatic carbocycles. The standard InChI is InChI=1S/C19H19FN2OS/c1-13(2)7-9-22-16-8-10-24-18(16)11-17(22)19(23)21-12-14-5-3-4-6-15(14)20/h3-8,10-11H,9,12H2,1-2H3,(H,21,23). The van der Waals surface area contributed by atoms with E-state index < -0.39 is 0 Å². The number of rotatable bonds is 5. The molecule has 0 saturated heterocycles. The largest absolute Gasteiger partial charge is 0.347 e. The van der Waals surface area contributed by atoms with Crippen LogP contribution >= 0.6 is 11.3 Å². The van der Waals surface area contributed by atoms with Crippen LogP contribution < -0.4 is 5.32 Å². The number of allylic oxidation sites excluding steroid dienone is 2. The number of carbonyl (C=O) groups excluding carboxylic acids is 1. The van der Waals surface area contributed by atoms with E-state index in [-0.39, 0.29) is 18.3 Å². The van der Waals surface area contributed by atoms with Crippen molar-refractivity contribution in [2.24, 2.45) is 0 Å². The zero-order valence-electron chi connectivity index (χ0n) is 13.7. The molecule has 0 spiro atoms. The van der Waals surface area contributed by atoms with Gasteiger partial charge in [0.1, 0.15) is 11.5 Å². The van der Waals surface area contributed by atoms with Gasteiger partial charge in [-0.05, 0) is 37.4 Å². The lowest BCUT2D eigenvalue weighted by molar-refractivity contribution is 0.0942. The third-order valence-electron chi connectivity index (χ3n) is 3.83. The molecule has 0 atom stereocenters. The number of fused-ring (bicyclic) bond motifs is 1. The molecule has 24 heavy (non-hydrogen) atoms. The van der Waals surface area contributed by atoms with E-state index in [2.05, 4.69) is 11.4 Å². The van der Waals surface area contributed by atoms with Gasteiger partial charge in [-0.15, -0.1) is 11.3 Å². The molecule has 0 aliphatic rings. The van der Waals surface area contributed by atoms with Gasteiger partial charge >= 0.3 is 0 Å². The van der Waals surface area contributed by atoms with E-state index in [4.69, 9.17) is 0 Å². The quantitative estimate of drug-likeness (QED) is 0.668. The van der Waals surface area contributed by atoms with Gasteiger partial charge in [-0.25, -0.2) is 4.39 Å². The van der Waals surface area contributed by atoms with E-state index in [0.29, 0.717) is 17.8 Å². The Balaban J connectivity index is 1.84. The predicted molar refractivity (Wildman–Crippen MR) is 96.8 cm³/mol. The summed E-state index contributed by atoms with van der Waals surface area (Å²) >= 11 is 1.61. The third-order valence-corrected chi connectivity index (χ3v) is 4.69. The van der Waals surface area contributed by atoms with Gasteiger partial charge in [-0.3, -0.25) is 4.79 Å². The second-order valence-corrected chi connectivity index (χ2v) is 6.81. The van der Waals surface area contributed by atoms with Crippen LogP contribution in [0.5, 0.6) is 0 Å². The van der Waals surface area contributed by atoms with Gasteiger partial charge in [0.25, 0.3) is 5.91 Å². The first-order chi connectivity index (χ1) is 11.6. The maximum absolute atomic E-state index is 13.7. The first-order valence-corrected chi connectivity index (χ1v) is 8.66. The van der Waals surface area contributed by atoms with Gasteiger partial charge in [0.05, 0.1) is 10.2 Å². The number of amides is 1. The van der Waals surface area contributed by atoms with Crippen molar-refractivity contribution in [3.63, 3.8) is 0 Å². The van der Waals surface area contributed by atoms with Gasteiger partial charge in [0.15, 0.2) is 0 Å². The molecule has 0 unspecified atom stereocenters. The van der Waals surface area contributed by atoms with Crippen molar-refractivity contribution in [3.05, 3.63) is 70.5 Å². The summed E-state index contributed by atoms with van der Waals surface area (Å²) < 4.78 is 16.8. The second kappa shape index (κ2) is 7.01. The van der Waals surface area contributed by atoms with Crippen molar-refractivity contribution in [2.45, 2.75) is 26.9 Å². The van der Waals surface area contributed by atoms with Gasteiger partial charge in [0, 0.05) is 18.7 Å². The molecule has 0 radical (unpaired) electrons. The van der Waals surface area contributed by atoms with Gasteiger partial charge in [-0.2, -0.15) is 0 Å². The molecule has 3 rings (SSSR count). The van der Waals surface area contributed by atoms with Crippen molar-refractivity contribution in [1.29, 1.82) is 0 Å². The summed E-state index contributed by atoms with van der Waals surface area (Å²) in [6.07, 6.45) is 2.09. The Morgan fingerprint density at radius 1 is 1.29 bits per heavy atom. The monoisotopic (exact) mass is 342 g/mol. The van der Waals surface area contributed by atoms with E-state index in [9.17, 15) is 9.18 Å². The number of halogens is 1. The van der Waals surface area contributed by atoms with Crippen LogP contribution in [0.2, 0.25) is 0 Å². The lowest BCUT2D eigenvalue weighted by atomic mass is 10.2. The number of aromatic nitrogens is 1. The fourth-order valence-electron chi connectivity index (χ4n) is 2.54. The highest BCUT2D eigenvalue weighted by molar-refractivity contribution is 7.17. The number of hydrogen-bond acceptors (Lipinski definition) is 2. The van der Waals surface area contributed by atoms with Crippen LogP contribution in [-0.2, 0) is 13.1 Å². The number of nitrogens with one attached hydrogen (secondary N) is 1. The molecular weight excluding hydrogens is 323 g/mol. The van der Waals surface area contributed by atoms with Crippen molar-refractivity contribution >= 4 is 27.5 Å². The van der Waals surface area contributed by atoms with Crippen LogP contribution in [0.15, 0.2) is 53.4 Å². The highest BCUT2D eigenvalue weighted by atomic mass is 32.1. The molecule has 124 valence electrons. The molecule has 0 aliphatic carbocycles. The molecule has 3 aromatic rings. The summed E-state index contributed by atoms with van der Waals surface area (Å²) in [7, 11) is 0. The molecule has 0 saturated carbocycles. The summed E-state index contributed by atoms with van der Waals surface area (Å²) in [6, 6.07) is 10.4. The molecule has 0 aliphatic heterocycles. The Morgan fingerprint density at radius 2 is 2.08 bits per heavy atom. The first-order valence-electron chi connectivity index (χ1n) is 7.78. The summed E-state index contributed by atoms with van der Waals surface area (Å²) in [5.41, 5.74) is 3.33. The zero-order valence-corrected chi connectivity index (χ0v) is 14.5. The van der Waals surface area contributed by atoms with Gasteiger partial charge in [0.2, 0.25) is 0 Å². The molecule has 2 heterocycles. The maximum atomic E-state index is 13.7. The number of benzene rings is 1. The van der Waals surface area contributed by atoms with E-state index in [0.717, 1.165) is 10.2 Å². The average molecular weight is 342 g/mol. The maximum Gasteiger partial charge on any atom is 0.268 e. The van der Waals surface area contributed by atoms with Crippen molar-refractivity contribution in [3.8, 4) is 0 Å². The van der Waals surface area contributed by atoms with Crippen LogP contribution in [-0.4, -0.2) is 10.5 Å². The smallest absolute Gasteiger partial charge is 0.268 e. The Kier molecular flexibility index (Phi) is 4.81. The average Bonchev–Trinajstić information content (AvgIpc) is 3.13. The highest BCUT2D eigenvalue weighted by Gasteiger charge is 2.16. The van der Waals surface area contributed by atoms with E-state index in [1.54, 1.807) is 29.5 Å². The fourth-order valence-corrected chi connectivity index (χ4v) is 3.37. The van der Waals surface area contributed by atoms with Crippen molar-refractivity contribution in [1.82, 2.24) is 9.88 Å². The molecule has 1 N–H and O–H groups in total. The first kappa shape index (κ1) is 16.5. The molecule has 1 amide bonds. The lowest BCUT2D eigenvalue weighted by Gasteiger charge is -2.10. The lowest BCUT2D eigenvalue weighted by Crippen LogP contribution is -2.25. The van der Waals surface area contributed by atoms with Crippen molar-refractivity contribution in [2.75, 3.05) is 0 Å². The van der Waals surface area contributed by atoms with Gasteiger partial charge in [-0.1, -0.05) is 29.8 Å². The normalized spacial score (nSPS) is 10.8. The number of hydrogen-bond donors (Lipinski definition) is 1. The molecule has 2 aromatic heterocycles. The molecule has 3 nitrogen and oxygen atoms in total. The highest BCUT2D eigenvalue weighted by Crippen LogP contribution is 2.25. The summed E-state index contributed by atoms with van der Waals surface area (Å²) in [6.45, 7) is 4.89. The van der Waals surface area contributed by atoms with E-state index in [1.807, 2.05) is 35.9 Å². The minimum absolute atomic E-state index is 0.174. The number of carbonyl (C=O) groups is 1. The molecule has 0 fully saturated rings. The molecular formula is C19H19FN2OS. The summed E-state index contributed by atoms with van der Waals surface area (Å²) in [5.74, 6) is -0.498. The number of thiophene rings is 1. The third kappa shape index (κ3) is 3.41. The van der Waals surface area contributed by atoms with Crippen molar-refractivity contribution < 1.29 is 9.18 Å². The Morgan fingerprint density at radius 3 is 2.83 bits per heavy atom. The van der Waals surface area contributed by atoms with Crippen LogP contribution in [0.25, 0.3) is 10.2 Å². The minimum atomic E-state index is -0.307. The molecule has 0 bridgehead atoms. The van der Waals surface area contributed by atoms with Crippen LogP contribution in [0, 0.1) is 5.82 Å². The van der Waals surface area contributed by atoms with E-state index in [1.165, 1.54) is 11.6 Å². The van der Waals surface area contributed by atoms with Gasteiger partial charge < -0.3 is 9.88 Å². The van der Waals surface area contributed by atoms with Crippen LogP contribution in [0.1, 0.15) is 29.9 Å². The fraction of sp³-hybridized carbons (Fsp3) is 0.211. The molecule has 5 heteroatoms. The van der Waals surface area contributed by atoms with Crippen LogP contribution in [0.3, 0.4) is 0 Å². The summed E-state index contributed by atoms with van der Waals surface area (Å²) in [5, 5.41) is 4.84. The van der Waals surface area contributed by atoms with E-state index >= 15 is 0 Å². The SMILES string of the molecule is CC(C)=CCn1c(C(=O)NCc2ccccc2F)cc2sccc21. The Labute approximate surface area is 144 Å². The Bertz CT molecular complexity index is 903. The van der Waals surface area contributed by atoms with Crippen LogP contribution in [0.4, 0.5) is 4.39 Å². The Hall–Kier alpha value is -2.40.